The Morgan fingerprint density at radius 2 is 1.78 bits per heavy atom. The zero-order chi connectivity index (χ0) is 13.9. The van der Waals surface area contributed by atoms with Crippen molar-refractivity contribution in [1.29, 1.82) is 0 Å². The lowest BCUT2D eigenvalue weighted by molar-refractivity contribution is -0.174. The third-order valence-electron chi connectivity index (χ3n) is 3.21. The van der Waals surface area contributed by atoms with Gasteiger partial charge in [-0.2, -0.15) is 13.2 Å². The van der Waals surface area contributed by atoms with Gasteiger partial charge in [0.15, 0.2) is 0 Å². The summed E-state index contributed by atoms with van der Waals surface area (Å²) >= 11 is 0. The number of halogens is 3. The third-order valence-corrected chi connectivity index (χ3v) is 3.21. The zero-order valence-corrected chi connectivity index (χ0v) is 11.5. The van der Waals surface area contributed by atoms with Crippen molar-refractivity contribution >= 4 is 0 Å². The second kappa shape index (κ2) is 5.78. The van der Waals surface area contributed by atoms with Gasteiger partial charge in [-0.05, 0) is 51.9 Å². The summed E-state index contributed by atoms with van der Waals surface area (Å²) in [6, 6.07) is 0. The number of ether oxygens (including phenoxy) is 1. The summed E-state index contributed by atoms with van der Waals surface area (Å²) in [7, 11) is 0. The quantitative estimate of drug-likeness (QED) is 0.713. The molecule has 108 valence electrons. The van der Waals surface area contributed by atoms with Gasteiger partial charge in [-0.15, -0.1) is 0 Å². The molecule has 0 bridgehead atoms. The molecule has 1 aliphatic carbocycles. The van der Waals surface area contributed by atoms with Gasteiger partial charge >= 0.3 is 6.18 Å². The fraction of sp³-hybridized carbons (Fsp3) is 1.00. The van der Waals surface area contributed by atoms with Gasteiger partial charge in [-0.3, -0.25) is 0 Å². The maximum absolute atomic E-state index is 11.8. The lowest BCUT2D eigenvalue weighted by Gasteiger charge is -2.25. The molecule has 0 aromatic heterocycles. The van der Waals surface area contributed by atoms with Gasteiger partial charge in [0.25, 0.3) is 0 Å². The number of alkyl halides is 3. The Bertz CT molecular complexity index is 254. The first-order valence-corrected chi connectivity index (χ1v) is 6.52. The van der Waals surface area contributed by atoms with Crippen LogP contribution in [-0.4, -0.2) is 31.5 Å². The topological polar surface area (TPSA) is 21.3 Å². The van der Waals surface area contributed by atoms with E-state index in [-0.39, 0.29) is 12.1 Å². The summed E-state index contributed by atoms with van der Waals surface area (Å²) in [6.07, 6.45) is -0.189. The molecule has 0 atom stereocenters. The van der Waals surface area contributed by atoms with Gasteiger partial charge in [0.05, 0.1) is 0 Å². The summed E-state index contributed by atoms with van der Waals surface area (Å²) in [5.41, 5.74) is 0.414. The van der Waals surface area contributed by atoms with Crippen molar-refractivity contribution < 1.29 is 17.9 Å². The minimum absolute atomic E-state index is 0.0996. The predicted octanol–water partition coefficient (Wildman–Crippen LogP) is 3.51. The van der Waals surface area contributed by atoms with E-state index in [1.165, 1.54) is 12.8 Å². The van der Waals surface area contributed by atoms with E-state index in [4.69, 9.17) is 0 Å². The smallest absolute Gasteiger partial charge is 0.372 e. The van der Waals surface area contributed by atoms with Gasteiger partial charge in [-0.1, -0.05) is 0 Å². The molecular weight excluding hydrogens is 243 g/mol. The summed E-state index contributed by atoms with van der Waals surface area (Å²) in [4.78, 5) is 0. The normalized spacial score (nSPS) is 19.0. The van der Waals surface area contributed by atoms with Crippen molar-refractivity contribution in [2.45, 2.75) is 58.2 Å². The highest BCUT2D eigenvalue weighted by Gasteiger charge is 2.42. The highest BCUT2D eigenvalue weighted by molar-refractivity contribution is 4.95. The van der Waals surface area contributed by atoms with Gasteiger partial charge in [0.2, 0.25) is 0 Å². The standard InChI is InChI=1S/C13H24F3NO/c1-11(2,3)17-9-12(6-7-12)5-4-8-18-10-13(14,15)16/h17H,4-10H2,1-3H3. The first-order valence-electron chi connectivity index (χ1n) is 6.52. The second-order valence-electron chi connectivity index (χ2n) is 6.37. The molecule has 1 saturated carbocycles. The van der Waals surface area contributed by atoms with Gasteiger partial charge in [0, 0.05) is 18.7 Å². The highest BCUT2D eigenvalue weighted by atomic mass is 19.4. The molecular formula is C13H24F3NO. The predicted molar refractivity (Wildman–Crippen MR) is 65.5 cm³/mol. The van der Waals surface area contributed by atoms with E-state index in [2.05, 4.69) is 30.8 Å². The van der Waals surface area contributed by atoms with Crippen LogP contribution in [0.1, 0.15) is 46.5 Å². The Morgan fingerprint density at radius 3 is 2.22 bits per heavy atom. The highest BCUT2D eigenvalue weighted by Crippen LogP contribution is 2.49. The Labute approximate surface area is 107 Å². The number of nitrogens with one attached hydrogen (secondary N) is 1. The van der Waals surface area contributed by atoms with Gasteiger partial charge in [-0.25, -0.2) is 0 Å². The molecule has 0 aliphatic heterocycles. The summed E-state index contributed by atoms with van der Waals surface area (Å²) in [5, 5.41) is 3.47. The van der Waals surface area contributed by atoms with E-state index < -0.39 is 12.8 Å². The van der Waals surface area contributed by atoms with Crippen LogP contribution in [0.4, 0.5) is 13.2 Å². The fourth-order valence-electron chi connectivity index (χ4n) is 1.88. The molecule has 1 fully saturated rings. The van der Waals surface area contributed by atoms with Crippen LogP contribution in [0.25, 0.3) is 0 Å². The number of rotatable bonds is 7. The molecule has 0 spiro atoms. The fourth-order valence-corrected chi connectivity index (χ4v) is 1.88. The number of hydrogen-bond acceptors (Lipinski definition) is 2. The Kier molecular flexibility index (Phi) is 5.06. The summed E-state index contributed by atoms with van der Waals surface area (Å²) in [6.45, 7) is 6.40. The molecule has 0 amide bonds. The molecule has 1 aliphatic rings. The molecule has 1 N–H and O–H groups in total. The monoisotopic (exact) mass is 267 g/mol. The Morgan fingerprint density at radius 1 is 1.17 bits per heavy atom. The molecule has 2 nitrogen and oxygen atoms in total. The van der Waals surface area contributed by atoms with Crippen molar-refractivity contribution in [3.63, 3.8) is 0 Å². The molecule has 0 aromatic carbocycles. The molecule has 0 radical (unpaired) electrons. The van der Waals surface area contributed by atoms with Crippen LogP contribution < -0.4 is 5.32 Å². The maximum atomic E-state index is 11.8. The van der Waals surface area contributed by atoms with E-state index in [1.54, 1.807) is 0 Å². The summed E-state index contributed by atoms with van der Waals surface area (Å²) < 4.78 is 40.2. The summed E-state index contributed by atoms with van der Waals surface area (Å²) in [5.74, 6) is 0. The van der Waals surface area contributed by atoms with Crippen molar-refractivity contribution in [3.8, 4) is 0 Å². The minimum Gasteiger partial charge on any atom is -0.372 e. The first-order chi connectivity index (χ1) is 8.12. The van der Waals surface area contributed by atoms with E-state index in [9.17, 15) is 13.2 Å². The molecule has 0 heterocycles. The third kappa shape index (κ3) is 7.21. The molecule has 0 aromatic rings. The van der Waals surface area contributed by atoms with Gasteiger partial charge in [0.1, 0.15) is 6.61 Å². The van der Waals surface area contributed by atoms with Crippen LogP contribution >= 0.6 is 0 Å². The Hall–Kier alpha value is -0.290. The molecule has 0 saturated heterocycles. The molecule has 5 heteroatoms. The van der Waals surface area contributed by atoms with Crippen LogP contribution in [0.5, 0.6) is 0 Å². The van der Waals surface area contributed by atoms with Crippen LogP contribution in [0.2, 0.25) is 0 Å². The largest absolute Gasteiger partial charge is 0.411 e. The zero-order valence-electron chi connectivity index (χ0n) is 11.5. The molecule has 0 unspecified atom stereocenters. The maximum Gasteiger partial charge on any atom is 0.411 e. The van der Waals surface area contributed by atoms with Crippen molar-refractivity contribution in [2.75, 3.05) is 19.8 Å². The van der Waals surface area contributed by atoms with Crippen LogP contribution in [-0.2, 0) is 4.74 Å². The lowest BCUT2D eigenvalue weighted by Crippen LogP contribution is -2.39. The van der Waals surface area contributed by atoms with Crippen molar-refractivity contribution in [2.24, 2.45) is 5.41 Å². The average Bonchev–Trinajstić information content (AvgIpc) is 2.93. The van der Waals surface area contributed by atoms with Gasteiger partial charge < -0.3 is 10.1 Å². The van der Waals surface area contributed by atoms with Crippen LogP contribution in [0.15, 0.2) is 0 Å². The van der Waals surface area contributed by atoms with Crippen LogP contribution in [0, 0.1) is 5.41 Å². The second-order valence-corrected chi connectivity index (χ2v) is 6.37. The average molecular weight is 267 g/mol. The molecule has 1 rings (SSSR count). The van der Waals surface area contributed by atoms with Crippen molar-refractivity contribution in [1.82, 2.24) is 5.32 Å². The van der Waals surface area contributed by atoms with E-state index in [1.807, 2.05) is 0 Å². The van der Waals surface area contributed by atoms with Crippen molar-refractivity contribution in [3.05, 3.63) is 0 Å². The lowest BCUT2D eigenvalue weighted by atomic mass is 9.98. The Balaban J connectivity index is 2.08. The van der Waals surface area contributed by atoms with E-state index in [0.29, 0.717) is 11.8 Å². The van der Waals surface area contributed by atoms with E-state index >= 15 is 0 Å². The number of hydrogen-bond donors (Lipinski definition) is 1. The van der Waals surface area contributed by atoms with Crippen LogP contribution in [0.3, 0.4) is 0 Å². The first kappa shape index (κ1) is 15.8. The SMILES string of the molecule is CC(C)(C)NCC1(CCCOCC(F)(F)F)CC1. The molecule has 18 heavy (non-hydrogen) atoms. The van der Waals surface area contributed by atoms with E-state index in [0.717, 1.165) is 13.0 Å². The minimum atomic E-state index is -4.20.